The zero-order valence-corrected chi connectivity index (χ0v) is 10.2. The third-order valence-corrected chi connectivity index (χ3v) is 2.88. The lowest BCUT2D eigenvalue weighted by molar-refractivity contribution is 0.0601. The smallest absolute Gasteiger partial charge is 0.371 e. The van der Waals surface area contributed by atoms with E-state index in [2.05, 4.69) is 0 Å². The molecule has 4 nitrogen and oxygen atoms in total. The summed E-state index contributed by atoms with van der Waals surface area (Å²) in [6.45, 7) is 3.50. The van der Waals surface area contributed by atoms with Crippen LogP contribution in [0.15, 0.2) is 40.8 Å². The fourth-order valence-electron chi connectivity index (χ4n) is 1.80. The van der Waals surface area contributed by atoms with Gasteiger partial charge in [0.25, 0.3) is 0 Å². The Morgan fingerprint density at radius 3 is 2.56 bits per heavy atom. The molecule has 1 atom stereocenters. The molecule has 0 fully saturated rings. The second kappa shape index (κ2) is 4.31. The van der Waals surface area contributed by atoms with E-state index in [-0.39, 0.29) is 11.5 Å². The third kappa shape index (κ3) is 2.15. The minimum absolute atomic E-state index is 0.182. The summed E-state index contributed by atoms with van der Waals surface area (Å²) in [5.74, 6) is -1.12. The molecular formula is C14H14O4. The summed E-state index contributed by atoms with van der Waals surface area (Å²) in [6, 6.07) is 10.2. The Kier molecular flexibility index (Phi) is 2.97. The molecule has 94 valence electrons. The van der Waals surface area contributed by atoms with Crippen LogP contribution in [0.25, 0.3) is 0 Å². The average molecular weight is 246 g/mol. The van der Waals surface area contributed by atoms with Gasteiger partial charge in [0.1, 0.15) is 11.4 Å². The van der Waals surface area contributed by atoms with Gasteiger partial charge < -0.3 is 14.6 Å². The molecule has 0 radical (unpaired) electrons. The fourth-order valence-corrected chi connectivity index (χ4v) is 1.80. The van der Waals surface area contributed by atoms with Crippen molar-refractivity contribution >= 4 is 5.97 Å². The fraction of sp³-hybridized carbons (Fsp3) is 0.214. The van der Waals surface area contributed by atoms with Gasteiger partial charge >= 0.3 is 5.97 Å². The van der Waals surface area contributed by atoms with Gasteiger partial charge in [-0.25, -0.2) is 4.79 Å². The number of carboxylic acids is 1. The molecule has 0 amide bonds. The zero-order valence-electron chi connectivity index (χ0n) is 10.2. The molecule has 1 heterocycles. The first-order valence-corrected chi connectivity index (χ1v) is 5.54. The SMILES string of the molecule is Cc1cccc(C(C)(O)c2ccc(C(=O)O)o2)c1. The number of aliphatic hydroxyl groups is 1. The average Bonchev–Trinajstić information content (AvgIpc) is 2.79. The predicted octanol–water partition coefficient (Wildman–Crippen LogP) is 2.54. The van der Waals surface area contributed by atoms with Gasteiger partial charge in [0.2, 0.25) is 5.76 Å². The van der Waals surface area contributed by atoms with Gasteiger partial charge in [-0.05, 0) is 31.5 Å². The lowest BCUT2D eigenvalue weighted by Gasteiger charge is -2.21. The largest absolute Gasteiger partial charge is 0.475 e. The minimum Gasteiger partial charge on any atom is -0.475 e. The van der Waals surface area contributed by atoms with Crippen molar-refractivity contribution in [3.63, 3.8) is 0 Å². The first-order chi connectivity index (χ1) is 8.41. The van der Waals surface area contributed by atoms with Crippen molar-refractivity contribution in [2.45, 2.75) is 19.4 Å². The van der Waals surface area contributed by atoms with E-state index in [4.69, 9.17) is 9.52 Å². The molecule has 2 rings (SSSR count). The van der Waals surface area contributed by atoms with E-state index in [1.807, 2.05) is 25.1 Å². The van der Waals surface area contributed by atoms with Crippen molar-refractivity contribution in [2.75, 3.05) is 0 Å². The number of carboxylic acid groups (broad SMARTS) is 1. The number of hydrogen-bond acceptors (Lipinski definition) is 3. The summed E-state index contributed by atoms with van der Waals surface area (Å²) in [7, 11) is 0. The van der Waals surface area contributed by atoms with Crippen LogP contribution in [0.5, 0.6) is 0 Å². The van der Waals surface area contributed by atoms with Crippen LogP contribution in [-0.4, -0.2) is 16.2 Å². The highest BCUT2D eigenvalue weighted by molar-refractivity contribution is 5.84. The Balaban J connectivity index is 2.43. The van der Waals surface area contributed by atoms with E-state index in [0.29, 0.717) is 5.56 Å². The van der Waals surface area contributed by atoms with Crippen LogP contribution < -0.4 is 0 Å². The number of carbonyl (C=O) groups is 1. The van der Waals surface area contributed by atoms with Crippen LogP contribution in [0, 0.1) is 6.92 Å². The summed E-state index contributed by atoms with van der Waals surface area (Å²) in [6.07, 6.45) is 0. The molecule has 2 N–H and O–H groups in total. The van der Waals surface area contributed by atoms with Gasteiger partial charge in [-0.2, -0.15) is 0 Å². The van der Waals surface area contributed by atoms with Gasteiger partial charge in [-0.3, -0.25) is 0 Å². The molecule has 0 bridgehead atoms. The first kappa shape index (κ1) is 12.4. The highest BCUT2D eigenvalue weighted by atomic mass is 16.4. The van der Waals surface area contributed by atoms with Gasteiger partial charge in [0, 0.05) is 0 Å². The maximum absolute atomic E-state index is 10.8. The summed E-state index contributed by atoms with van der Waals surface area (Å²) in [5.41, 5.74) is 0.325. The predicted molar refractivity (Wildman–Crippen MR) is 65.5 cm³/mol. The first-order valence-electron chi connectivity index (χ1n) is 5.54. The van der Waals surface area contributed by atoms with Crippen LogP contribution in [0.3, 0.4) is 0 Å². The quantitative estimate of drug-likeness (QED) is 0.873. The number of aryl methyl sites for hydroxylation is 1. The van der Waals surface area contributed by atoms with Gasteiger partial charge in [0.05, 0.1) is 0 Å². The topological polar surface area (TPSA) is 70.7 Å². The number of furan rings is 1. The van der Waals surface area contributed by atoms with Crippen molar-refractivity contribution < 1.29 is 19.4 Å². The van der Waals surface area contributed by atoms with Gasteiger partial charge in [0.15, 0.2) is 0 Å². The lowest BCUT2D eigenvalue weighted by Crippen LogP contribution is -2.22. The van der Waals surface area contributed by atoms with Crippen molar-refractivity contribution in [3.8, 4) is 0 Å². The van der Waals surface area contributed by atoms with E-state index >= 15 is 0 Å². The Hall–Kier alpha value is -2.07. The zero-order chi connectivity index (χ0) is 13.3. The van der Waals surface area contributed by atoms with E-state index in [0.717, 1.165) is 5.56 Å². The second-order valence-corrected chi connectivity index (χ2v) is 4.41. The molecule has 0 saturated carbocycles. The van der Waals surface area contributed by atoms with Crippen LogP contribution >= 0.6 is 0 Å². The normalized spacial score (nSPS) is 14.2. The van der Waals surface area contributed by atoms with Crippen molar-refractivity contribution in [3.05, 3.63) is 59.0 Å². The highest BCUT2D eigenvalue weighted by Gasteiger charge is 2.30. The number of hydrogen-bond donors (Lipinski definition) is 2. The molecule has 1 aromatic carbocycles. The summed E-state index contributed by atoms with van der Waals surface area (Å²) in [5, 5.41) is 19.3. The molecule has 4 heteroatoms. The van der Waals surface area contributed by atoms with Crippen molar-refractivity contribution in [1.82, 2.24) is 0 Å². The molecule has 1 aromatic heterocycles. The molecule has 0 aliphatic carbocycles. The summed E-state index contributed by atoms with van der Waals surface area (Å²) >= 11 is 0. The van der Waals surface area contributed by atoms with Crippen LogP contribution in [0.2, 0.25) is 0 Å². The Labute approximate surface area is 104 Å². The Morgan fingerprint density at radius 2 is 2.00 bits per heavy atom. The second-order valence-electron chi connectivity index (χ2n) is 4.41. The van der Waals surface area contributed by atoms with E-state index in [1.165, 1.54) is 12.1 Å². The van der Waals surface area contributed by atoms with Crippen molar-refractivity contribution in [2.24, 2.45) is 0 Å². The number of aromatic carboxylic acids is 1. The molecule has 1 unspecified atom stereocenters. The minimum atomic E-state index is -1.35. The summed E-state index contributed by atoms with van der Waals surface area (Å²) in [4.78, 5) is 10.8. The Bertz CT molecular complexity index is 581. The van der Waals surface area contributed by atoms with Crippen LogP contribution in [-0.2, 0) is 5.60 Å². The van der Waals surface area contributed by atoms with Gasteiger partial charge in [-0.1, -0.05) is 29.8 Å². The Morgan fingerprint density at radius 1 is 1.28 bits per heavy atom. The molecule has 0 saturated heterocycles. The molecular weight excluding hydrogens is 232 g/mol. The van der Waals surface area contributed by atoms with Crippen LogP contribution in [0.4, 0.5) is 0 Å². The number of rotatable bonds is 3. The molecule has 18 heavy (non-hydrogen) atoms. The van der Waals surface area contributed by atoms with E-state index in [1.54, 1.807) is 13.0 Å². The maximum Gasteiger partial charge on any atom is 0.371 e. The monoisotopic (exact) mass is 246 g/mol. The number of benzene rings is 1. The van der Waals surface area contributed by atoms with Crippen LogP contribution in [0.1, 0.15) is 34.4 Å². The third-order valence-electron chi connectivity index (χ3n) is 2.88. The summed E-state index contributed by atoms with van der Waals surface area (Å²) < 4.78 is 5.15. The maximum atomic E-state index is 10.8. The van der Waals surface area contributed by atoms with Crippen molar-refractivity contribution in [1.29, 1.82) is 0 Å². The molecule has 0 spiro atoms. The van der Waals surface area contributed by atoms with Gasteiger partial charge in [-0.15, -0.1) is 0 Å². The van der Waals surface area contributed by atoms with E-state index in [9.17, 15) is 9.90 Å². The molecule has 0 aliphatic heterocycles. The molecule has 2 aromatic rings. The standard InChI is InChI=1S/C14H14O4/c1-9-4-3-5-10(8-9)14(2,17)12-7-6-11(18-12)13(15)16/h3-8,17H,1-2H3,(H,15,16). The lowest BCUT2D eigenvalue weighted by atomic mass is 9.92. The van der Waals surface area contributed by atoms with E-state index < -0.39 is 11.6 Å². The molecule has 0 aliphatic rings. The highest BCUT2D eigenvalue weighted by Crippen LogP contribution is 2.30.